The van der Waals surface area contributed by atoms with Crippen molar-refractivity contribution < 1.29 is 9.59 Å². The average molecular weight is 269 g/mol. The van der Waals surface area contributed by atoms with Crippen molar-refractivity contribution in [3.05, 3.63) is 35.4 Å². The van der Waals surface area contributed by atoms with Gasteiger partial charge in [0, 0.05) is 18.7 Å². The second kappa shape index (κ2) is 6.02. The van der Waals surface area contributed by atoms with E-state index in [2.05, 4.69) is 10.6 Å². The Labute approximate surface area is 117 Å². The van der Waals surface area contributed by atoms with Gasteiger partial charge in [-0.1, -0.05) is 12.1 Å². The number of benzene rings is 1. The molecule has 0 aromatic heterocycles. The summed E-state index contributed by atoms with van der Waals surface area (Å²) in [5, 5.41) is 14.5. The van der Waals surface area contributed by atoms with Gasteiger partial charge < -0.3 is 10.6 Å². The van der Waals surface area contributed by atoms with Crippen LogP contribution in [0, 0.1) is 11.3 Å². The van der Waals surface area contributed by atoms with Crippen molar-refractivity contribution in [2.24, 2.45) is 0 Å². The van der Waals surface area contributed by atoms with E-state index in [1.807, 2.05) is 6.07 Å². The fourth-order valence-corrected chi connectivity index (χ4v) is 1.67. The predicted molar refractivity (Wildman–Crippen MR) is 75.5 cm³/mol. The van der Waals surface area contributed by atoms with Gasteiger partial charge in [0.2, 0.25) is 5.91 Å². The summed E-state index contributed by atoms with van der Waals surface area (Å²) in [5.41, 5.74) is 1.50. The zero-order chi connectivity index (χ0) is 14.5. The Morgan fingerprint density at radius 3 is 2.45 bits per heavy atom. The molecule has 20 heavy (non-hydrogen) atoms. The molecule has 0 bridgehead atoms. The van der Waals surface area contributed by atoms with Gasteiger partial charge in [-0.3, -0.25) is 9.59 Å². The second-order valence-corrected chi connectivity index (χ2v) is 4.72. The smallest absolute Gasteiger partial charge is 0.262 e. The number of amides is 2. The number of hydrogen-bond donors (Lipinski definition) is 2. The first-order valence-corrected chi connectivity index (χ1v) is 6.39. The molecule has 0 atom stereocenters. The monoisotopic (exact) mass is 269 g/mol. The number of anilines is 1. The van der Waals surface area contributed by atoms with Crippen molar-refractivity contribution in [2.45, 2.75) is 25.8 Å². The summed E-state index contributed by atoms with van der Waals surface area (Å²) >= 11 is 0. The number of rotatable bonds is 4. The highest BCUT2D eigenvalue weighted by molar-refractivity contribution is 6.02. The average Bonchev–Trinajstić information content (AvgIpc) is 3.21. The van der Waals surface area contributed by atoms with Crippen LogP contribution in [0.2, 0.25) is 0 Å². The molecule has 1 fully saturated rings. The van der Waals surface area contributed by atoms with E-state index in [-0.39, 0.29) is 23.4 Å². The highest BCUT2D eigenvalue weighted by Crippen LogP contribution is 2.19. The van der Waals surface area contributed by atoms with Crippen LogP contribution in [0.3, 0.4) is 0 Å². The lowest BCUT2D eigenvalue weighted by Crippen LogP contribution is -2.26. The van der Waals surface area contributed by atoms with Gasteiger partial charge in [-0.25, -0.2) is 0 Å². The van der Waals surface area contributed by atoms with E-state index < -0.39 is 0 Å². The summed E-state index contributed by atoms with van der Waals surface area (Å²) in [7, 11) is 0. The molecule has 5 nitrogen and oxygen atoms in total. The third-order valence-corrected chi connectivity index (χ3v) is 2.82. The van der Waals surface area contributed by atoms with E-state index in [0.717, 1.165) is 18.4 Å². The van der Waals surface area contributed by atoms with Crippen molar-refractivity contribution >= 4 is 23.6 Å². The maximum Gasteiger partial charge on any atom is 0.262 e. The third-order valence-electron chi connectivity index (χ3n) is 2.82. The summed E-state index contributed by atoms with van der Waals surface area (Å²) in [5.74, 6) is -0.476. The van der Waals surface area contributed by atoms with Crippen molar-refractivity contribution in [3.8, 4) is 6.07 Å². The van der Waals surface area contributed by atoms with Gasteiger partial charge in [0.25, 0.3) is 5.91 Å². The zero-order valence-electron chi connectivity index (χ0n) is 11.1. The Bertz CT molecular complexity index is 593. The van der Waals surface area contributed by atoms with Gasteiger partial charge in [0.05, 0.1) is 0 Å². The zero-order valence-corrected chi connectivity index (χ0v) is 11.1. The quantitative estimate of drug-likeness (QED) is 0.646. The van der Waals surface area contributed by atoms with E-state index in [1.165, 1.54) is 13.0 Å². The summed E-state index contributed by atoms with van der Waals surface area (Å²) in [6, 6.07) is 9.07. The predicted octanol–water partition coefficient (Wildman–Crippen LogP) is 1.83. The summed E-state index contributed by atoms with van der Waals surface area (Å²) in [6.45, 7) is 1.43. The molecular weight excluding hydrogens is 254 g/mol. The van der Waals surface area contributed by atoms with Gasteiger partial charge in [-0.2, -0.15) is 5.26 Å². The van der Waals surface area contributed by atoms with Crippen LogP contribution in [0.1, 0.15) is 25.3 Å². The SMILES string of the molecule is CC(=O)Nc1ccc(/C=C(\C#N)C(=O)NC2CC2)cc1. The first-order chi connectivity index (χ1) is 9.58. The summed E-state index contributed by atoms with van der Waals surface area (Å²) in [6.07, 6.45) is 3.50. The molecule has 0 saturated heterocycles. The van der Waals surface area contributed by atoms with Gasteiger partial charge in [-0.15, -0.1) is 0 Å². The minimum Gasteiger partial charge on any atom is -0.349 e. The highest BCUT2D eigenvalue weighted by Gasteiger charge is 2.24. The normalized spacial score (nSPS) is 14.3. The van der Waals surface area contributed by atoms with Crippen molar-refractivity contribution in [2.75, 3.05) is 5.32 Å². The number of nitriles is 1. The Kier molecular flexibility index (Phi) is 4.16. The highest BCUT2D eigenvalue weighted by atomic mass is 16.2. The summed E-state index contributed by atoms with van der Waals surface area (Å²) in [4.78, 5) is 22.7. The van der Waals surface area contributed by atoms with Crippen molar-refractivity contribution in [1.82, 2.24) is 5.32 Å². The topological polar surface area (TPSA) is 82.0 Å². The van der Waals surface area contributed by atoms with E-state index in [0.29, 0.717) is 5.69 Å². The molecule has 0 spiro atoms. The molecule has 1 aliphatic carbocycles. The maximum absolute atomic E-state index is 11.8. The lowest BCUT2D eigenvalue weighted by atomic mass is 10.1. The van der Waals surface area contributed by atoms with Crippen molar-refractivity contribution in [3.63, 3.8) is 0 Å². The molecular formula is C15H15N3O2. The van der Waals surface area contributed by atoms with Crippen LogP contribution >= 0.6 is 0 Å². The molecule has 102 valence electrons. The molecule has 0 unspecified atom stereocenters. The Morgan fingerprint density at radius 1 is 1.30 bits per heavy atom. The van der Waals surface area contributed by atoms with Gasteiger partial charge in [0.1, 0.15) is 11.6 Å². The molecule has 2 N–H and O–H groups in total. The van der Waals surface area contributed by atoms with Crippen LogP contribution in [0.4, 0.5) is 5.69 Å². The van der Waals surface area contributed by atoms with Gasteiger partial charge >= 0.3 is 0 Å². The number of carbonyl (C=O) groups is 2. The van der Waals surface area contributed by atoms with Crippen LogP contribution < -0.4 is 10.6 Å². The van der Waals surface area contributed by atoms with Crippen LogP contribution in [0.25, 0.3) is 6.08 Å². The number of hydrogen-bond acceptors (Lipinski definition) is 3. The fourth-order valence-electron chi connectivity index (χ4n) is 1.67. The first kappa shape index (κ1) is 13.8. The van der Waals surface area contributed by atoms with Gasteiger partial charge in [0.15, 0.2) is 0 Å². The molecule has 0 aliphatic heterocycles. The van der Waals surface area contributed by atoms with Crippen LogP contribution in [-0.2, 0) is 9.59 Å². The molecule has 5 heteroatoms. The fraction of sp³-hybridized carbons (Fsp3) is 0.267. The van der Waals surface area contributed by atoms with Crippen molar-refractivity contribution in [1.29, 1.82) is 5.26 Å². The van der Waals surface area contributed by atoms with Crippen LogP contribution in [0.5, 0.6) is 0 Å². The van der Waals surface area contributed by atoms with E-state index in [4.69, 9.17) is 5.26 Å². The van der Waals surface area contributed by atoms with Crippen LogP contribution in [0.15, 0.2) is 29.8 Å². The minimum atomic E-state index is -0.332. The molecule has 1 aromatic carbocycles. The molecule has 0 heterocycles. The Morgan fingerprint density at radius 2 is 1.95 bits per heavy atom. The number of nitrogens with zero attached hydrogens (tertiary/aromatic N) is 1. The standard InChI is InChI=1S/C15H15N3O2/c1-10(19)17-13-4-2-11(3-5-13)8-12(9-16)15(20)18-14-6-7-14/h2-5,8,14H,6-7H2,1H3,(H,17,19)(H,18,20)/b12-8+. The largest absolute Gasteiger partial charge is 0.349 e. The molecule has 2 amide bonds. The first-order valence-electron chi connectivity index (χ1n) is 6.39. The minimum absolute atomic E-state index is 0.0872. The van der Waals surface area contributed by atoms with Gasteiger partial charge in [-0.05, 0) is 36.6 Å². The third kappa shape index (κ3) is 3.95. The number of carbonyl (C=O) groups excluding carboxylic acids is 2. The van der Waals surface area contributed by atoms with E-state index >= 15 is 0 Å². The van der Waals surface area contributed by atoms with Crippen LogP contribution in [-0.4, -0.2) is 17.9 Å². The van der Waals surface area contributed by atoms with E-state index in [1.54, 1.807) is 24.3 Å². The maximum atomic E-state index is 11.8. The lowest BCUT2D eigenvalue weighted by molar-refractivity contribution is -0.117. The molecule has 0 radical (unpaired) electrons. The summed E-state index contributed by atoms with van der Waals surface area (Å²) < 4.78 is 0. The Hall–Kier alpha value is -2.61. The number of nitrogens with one attached hydrogen (secondary N) is 2. The Balaban J connectivity index is 2.08. The molecule has 2 rings (SSSR count). The molecule has 1 saturated carbocycles. The lowest BCUT2D eigenvalue weighted by Gasteiger charge is -2.03. The van der Waals surface area contributed by atoms with E-state index in [9.17, 15) is 9.59 Å². The second-order valence-electron chi connectivity index (χ2n) is 4.72. The molecule has 1 aromatic rings. The molecule has 1 aliphatic rings.